The molecular weight excluding hydrogens is 321 g/mol. The fourth-order valence-electron chi connectivity index (χ4n) is 0. The summed E-state index contributed by atoms with van der Waals surface area (Å²) in [7, 11) is 0. The summed E-state index contributed by atoms with van der Waals surface area (Å²) in [5, 5.41) is 0. The van der Waals surface area contributed by atoms with Gasteiger partial charge in [0, 0.05) is 27.3 Å². The molecule has 0 radical (unpaired) electrons. The minimum atomic E-state index is -5.75. The van der Waals surface area contributed by atoms with Gasteiger partial charge in [-0.05, 0) is 0 Å². The summed E-state index contributed by atoms with van der Waals surface area (Å²) in [5.41, 5.74) is 0. The van der Waals surface area contributed by atoms with Crippen LogP contribution in [0.2, 0.25) is 0 Å². The van der Waals surface area contributed by atoms with Crippen LogP contribution in [0.1, 0.15) is 0 Å². The standard InChI is InChI=1S/Cd.H2O4Se.Zn/c;1-5(2,3)4;/h;(H2,1,2,3,4);/q;;+2/p-2. The average molecular weight is 321 g/mol. The zero-order chi connectivity index (χ0) is 4.50. The largest absolute Gasteiger partial charge is 2.00 e. The van der Waals surface area contributed by atoms with Crippen molar-refractivity contribution in [2.75, 3.05) is 0 Å². The Kier molecular flexibility index (Phi) is 12.9. The molecule has 0 unspecified atom stereocenters. The molecule has 34 valence electrons. The Labute approximate surface area is 75.5 Å². The van der Waals surface area contributed by atoms with E-state index in [9.17, 15) is 0 Å². The molecule has 4 nitrogen and oxygen atoms in total. The van der Waals surface area contributed by atoms with Gasteiger partial charge in [-0.15, -0.1) is 0 Å². The van der Waals surface area contributed by atoms with E-state index in [2.05, 4.69) is 0 Å². The minimum Gasteiger partial charge on any atom is 0 e. The second kappa shape index (κ2) is 5.72. The van der Waals surface area contributed by atoms with Gasteiger partial charge in [-0.3, -0.25) is 0 Å². The quantitative estimate of drug-likeness (QED) is 0.446. The molecule has 0 rings (SSSR count). The molecule has 0 saturated carbocycles. The molecular formula is CdO4SeZn. The van der Waals surface area contributed by atoms with Gasteiger partial charge in [-0.2, -0.15) is 0 Å². The zero-order valence-corrected chi connectivity index (χ0v) is 12.2. The second-order valence-corrected chi connectivity index (χ2v) is 2.12. The molecule has 0 saturated heterocycles. The fourth-order valence-corrected chi connectivity index (χ4v) is 0. The maximum Gasteiger partial charge on any atom is 2.00 e. The van der Waals surface area contributed by atoms with Crippen LogP contribution >= 0.6 is 0 Å². The van der Waals surface area contributed by atoms with Crippen LogP contribution in [-0.4, -0.2) is 13.4 Å². The molecule has 0 N–H and O–H groups in total. The molecule has 0 aromatic carbocycles. The minimum absolute atomic E-state index is 0. The summed E-state index contributed by atoms with van der Waals surface area (Å²) >= 11 is -5.75. The molecule has 0 spiro atoms. The molecule has 0 atom stereocenters. The third kappa shape index (κ3) is 94.2. The second-order valence-electron chi connectivity index (χ2n) is 0.408. The van der Waals surface area contributed by atoms with E-state index in [-0.39, 0.29) is 46.8 Å². The summed E-state index contributed by atoms with van der Waals surface area (Å²) in [6.45, 7) is 0. The van der Waals surface area contributed by atoms with Gasteiger partial charge >= 0.3 is 48.9 Å². The predicted molar refractivity (Wildman–Crippen MR) is 7.13 cm³/mol. The normalized spacial score (nSPS) is 8.29. The molecule has 7 heavy (non-hydrogen) atoms. The first-order valence-corrected chi connectivity index (χ1v) is 3.46. The van der Waals surface area contributed by atoms with Gasteiger partial charge in [0.25, 0.3) is 0 Å². The van der Waals surface area contributed by atoms with Gasteiger partial charge < -0.3 is 0 Å². The number of rotatable bonds is 0. The van der Waals surface area contributed by atoms with Crippen LogP contribution in [0.4, 0.5) is 0 Å². The van der Waals surface area contributed by atoms with E-state index in [0.717, 1.165) is 0 Å². The first-order chi connectivity index (χ1) is 2.00. The van der Waals surface area contributed by atoms with Gasteiger partial charge in [-0.25, -0.2) is 0 Å². The van der Waals surface area contributed by atoms with Crippen molar-refractivity contribution in [1.82, 2.24) is 0 Å². The van der Waals surface area contributed by atoms with Crippen LogP contribution < -0.4 is 8.38 Å². The Bertz CT molecular complexity index is 94.9. The van der Waals surface area contributed by atoms with Crippen molar-refractivity contribution in [2.24, 2.45) is 0 Å². The van der Waals surface area contributed by atoms with E-state index >= 15 is 0 Å². The molecule has 0 aliphatic rings. The Morgan fingerprint density at radius 2 is 1.14 bits per heavy atom. The van der Waals surface area contributed by atoms with Gasteiger partial charge in [0.05, 0.1) is 0 Å². The monoisotopic (exact) mass is 322 g/mol. The summed E-state index contributed by atoms with van der Waals surface area (Å²) in [5.74, 6) is 0. The molecule has 0 amide bonds. The van der Waals surface area contributed by atoms with E-state index in [1.807, 2.05) is 0 Å². The summed E-state index contributed by atoms with van der Waals surface area (Å²) in [6, 6.07) is 0. The third-order valence-electron chi connectivity index (χ3n) is 0. The van der Waals surface area contributed by atoms with Crippen LogP contribution in [-0.2, 0) is 54.4 Å². The SMILES string of the molecule is O=[Se](=O)([O-])[O-].[Cd].[Zn+2]. The van der Waals surface area contributed by atoms with Crippen molar-refractivity contribution in [3.8, 4) is 0 Å². The topological polar surface area (TPSA) is 80.3 Å². The van der Waals surface area contributed by atoms with Crippen molar-refractivity contribution in [1.29, 1.82) is 0 Å². The van der Waals surface area contributed by atoms with E-state index in [0.29, 0.717) is 0 Å². The number of hydrogen-bond donors (Lipinski definition) is 0. The van der Waals surface area contributed by atoms with Crippen LogP contribution in [0.25, 0.3) is 0 Å². The van der Waals surface area contributed by atoms with Gasteiger partial charge in [-0.1, -0.05) is 0 Å². The molecule has 0 aromatic rings. The zero-order valence-electron chi connectivity index (χ0n) is 3.46. The molecule has 0 aromatic heterocycles. The first kappa shape index (κ1) is 15.8. The molecule has 0 bridgehead atoms. The molecule has 0 fully saturated rings. The third-order valence-corrected chi connectivity index (χ3v) is 0. The van der Waals surface area contributed by atoms with Crippen molar-refractivity contribution in [2.45, 2.75) is 0 Å². The van der Waals surface area contributed by atoms with Gasteiger partial charge in [0.2, 0.25) is 0 Å². The first-order valence-electron chi connectivity index (χ1n) is 0.667. The van der Waals surface area contributed by atoms with E-state index in [1.165, 1.54) is 0 Å². The van der Waals surface area contributed by atoms with Crippen molar-refractivity contribution >= 4 is 13.4 Å². The van der Waals surface area contributed by atoms with E-state index < -0.39 is 13.4 Å². The maximum atomic E-state index is 8.59. The van der Waals surface area contributed by atoms with Crippen molar-refractivity contribution in [3.05, 3.63) is 0 Å². The van der Waals surface area contributed by atoms with Crippen LogP contribution in [0.3, 0.4) is 0 Å². The van der Waals surface area contributed by atoms with Crippen LogP contribution in [0.15, 0.2) is 0 Å². The molecule has 7 heteroatoms. The van der Waals surface area contributed by atoms with Crippen molar-refractivity contribution in [3.63, 3.8) is 0 Å². The van der Waals surface area contributed by atoms with E-state index in [1.54, 1.807) is 0 Å². The molecule has 0 aliphatic carbocycles. The summed E-state index contributed by atoms with van der Waals surface area (Å²) < 4.78 is 34.4. The fraction of sp³-hybridized carbons (Fsp3) is 0. The average Bonchev–Trinajstić information content (AvgIpc) is 0.722. The summed E-state index contributed by atoms with van der Waals surface area (Å²) in [6.07, 6.45) is 0. The smallest absolute Gasteiger partial charge is 0 e. The molecule has 0 heterocycles. The molecule has 0 aliphatic heterocycles. The van der Waals surface area contributed by atoms with E-state index in [4.69, 9.17) is 16.0 Å². The van der Waals surface area contributed by atoms with Gasteiger partial charge in [0.15, 0.2) is 0 Å². The van der Waals surface area contributed by atoms with Crippen LogP contribution in [0.5, 0.6) is 0 Å². The van der Waals surface area contributed by atoms with Gasteiger partial charge in [0.1, 0.15) is 0 Å². The predicted octanol–water partition coefficient (Wildman–Crippen LogP) is -3.00. The maximum absolute atomic E-state index is 8.59. The number of hydrogen-bond acceptors (Lipinski definition) is 4. The Morgan fingerprint density at radius 3 is 1.14 bits per heavy atom. The Balaban J connectivity index is -0.0000000800. The Hall–Kier alpha value is 1.58. The summed E-state index contributed by atoms with van der Waals surface area (Å²) in [4.78, 5) is 0. The Morgan fingerprint density at radius 1 is 1.14 bits per heavy atom. The van der Waals surface area contributed by atoms with Crippen molar-refractivity contribution < 1.29 is 62.8 Å². The van der Waals surface area contributed by atoms with Crippen LogP contribution in [0, 0.1) is 0 Å².